The van der Waals surface area contributed by atoms with E-state index in [0.29, 0.717) is 35.2 Å². The number of aryl methyl sites for hydroxylation is 1. The van der Waals surface area contributed by atoms with Gasteiger partial charge in [0.05, 0.1) is 18.5 Å². The molecule has 0 radical (unpaired) electrons. The van der Waals surface area contributed by atoms with E-state index in [1.807, 2.05) is 19.1 Å². The van der Waals surface area contributed by atoms with Gasteiger partial charge >= 0.3 is 5.97 Å². The Bertz CT molecular complexity index is 742. The van der Waals surface area contributed by atoms with Crippen molar-refractivity contribution >= 4 is 40.4 Å². The lowest BCUT2D eigenvalue weighted by molar-refractivity contribution is -0.144. The number of fused-ring (bicyclic) bond motifs is 1. The first kappa shape index (κ1) is 20.9. The number of carbonyl (C=O) groups is 1. The van der Waals surface area contributed by atoms with Crippen LogP contribution in [0.5, 0.6) is 0 Å². The largest absolute Gasteiger partial charge is 0.465 e. The number of ether oxygens (including phenoxy) is 1. The SMILES string of the molecule is CCCCC(CC)COC(=O)CCSc1nc(Cl)nc2ccc(C)nc12. The Labute approximate surface area is 164 Å². The first-order chi connectivity index (χ1) is 12.5. The van der Waals surface area contributed by atoms with Crippen LogP contribution in [0.3, 0.4) is 0 Å². The molecular weight excluding hydrogens is 370 g/mol. The van der Waals surface area contributed by atoms with E-state index >= 15 is 0 Å². The Morgan fingerprint density at radius 2 is 2.08 bits per heavy atom. The molecule has 142 valence electrons. The monoisotopic (exact) mass is 395 g/mol. The van der Waals surface area contributed by atoms with Crippen LogP contribution in [-0.2, 0) is 9.53 Å². The van der Waals surface area contributed by atoms with Gasteiger partial charge in [0.2, 0.25) is 5.28 Å². The molecule has 0 aliphatic carbocycles. The van der Waals surface area contributed by atoms with Crippen molar-refractivity contribution < 1.29 is 9.53 Å². The first-order valence-electron chi connectivity index (χ1n) is 9.12. The maximum absolute atomic E-state index is 12.0. The normalized spacial score (nSPS) is 12.3. The summed E-state index contributed by atoms with van der Waals surface area (Å²) in [5, 5.41) is 0.890. The summed E-state index contributed by atoms with van der Waals surface area (Å²) in [4.78, 5) is 24.9. The minimum atomic E-state index is -0.166. The van der Waals surface area contributed by atoms with Crippen molar-refractivity contribution in [1.29, 1.82) is 0 Å². The average Bonchev–Trinajstić information content (AvgIpc) is 2.62. The molecule has 0 amide bonds. The number of halogens is 1. The smallest absolute Gasteiger partial charge is 0.306 e. The molecule has 26 heavy (non-hydrogen) atoms. The van der Waals surface area contributed by atoms with Crippen molar-refractivity contribution in [2.24, 2.45) is 5.92 Å². The average molecular weight is 396 g/mol. The van der Waals surface area contributed by atoms with Gasteiger partial charge in [-0.2, -0.15) is 0 Å². The fourth-order valence-corrected chi connectivity index (χ4v) is 3.70. The summed E-state index contributed by atoms with van der Waals surface area (Å²) < 4.78 is 5.43. The summed E-state index contributed by atoms with van der Waals surface area (Å²) in [5.74, 6) is 0.868. The molecule has 0 saturated carbocycles. The molecule has 0 N–H and O–H groups in total. The van der Waals surface area contributed by atoms with Gasteiger partial charge in [0.25, 0.3) is 0 Å². The lowest BCUT2D eigenvalue weighted by Crippen LogP contribution is -2.14. The Balaban J connectivity index is 1.86. The number of hydrogen-bond donors (Lipinski definition) is 0. The topological polar surface area (TPSA) is 65.0 Å². The fourth-order valence-electron chi connectivity index (χ4n) is 2.57. The van der Waals surface area contributed by atoms with E-state index in [1.165, 1.54) is 24.6 Å². The highest BCUT2D eigenvalue weighted by molar-refractivity contribution is 7.99. The van der Waals surface area contributed by atoms with Crippen LogP contribution >= 0.6 is 23.4 Å². The summed E-state index contributed by atoms with van der Waals surface area (Å²) in [5.41, 5.74) is 2.32. The first-order valence-corrected chi connectivity index (χ1v) is 10.5. The molecule has 2 heterocycles. The van der Waals surface area contributed by atoms with Gasteiger partial charge < -0.3 is 4.74 Å². The molecule has 2 aromatic heterocycles. The van der Waals surface area contributed by atoms with Gasteiger partial charge in [-0.3, -0.25) is 4.79 Å². The highest BCUT2D eigenvalue weighted by Gasteiger charge is 2.12. The molecule has 5 nitrogen and oxygen atoms in total. The number of hydrogen-bond acceptors (Lipinski definition) is 6. The molecular formula is C19H26ClN3O2S. The molecule has 0 aliphatic heterocycles. The van der Waals surface area contributed by atoms with E-state index in [1.54, 1.807) is 0 Å². The number of carbonyl (C=O) groups excluding carboxylic acids is 1. The highest BCUT2D eigenvalue weighted by atomic mass is 35.5. The second-order valence-electron chi connectivity index (χ2n) is 6.32. The molecule has 0 aliphatic rings. The van der Waals surface area contributed by atoms with Crippen LogP contribution in [0.15, 0.2) is 17.2 Å². The van der Waals surface area contributed by atoms with Gasteiger partial charge in [-0.05, 0) is 43.0 Å². The molecule has 0 spiro atoms. The zero-order valence-electron chi connectivity index (χ0n) is 15.6. The number of nitrogens with zero attached hydrogens (tertiary/aromatic N) is 3. The maximum Gasteiger partial charge on any atom is 0.306 e. The summed E-state index contributed by atoms with van der Waals surface area (Å²) in [6, 6.07) is 3.77. The molecule has 0 bridgehead atoms. The predicted octanol–water partition coefficient (Wildman–Crippen LogP) is 5.23. The van der Waals surface area contributed by atoms with Crippen molar-refractivity contribution in [3.05, 3.63) is 23.1 Å². The van der Waals surface area contributed by atoms with Crippen LogP contribution in [0.25, 0.3) is 11.0 Å². The fraction of sp³-hybridized carbons (Fsp3) is 0.579. The predicted molar refractivity (Wildman–Crippen MR) is 107 cm³/mol. The number of pyridine rings is 1. The quantitative estimate of drug-likeness (QED) is 0.237. The zero-order valence-corrected chi connectivity index (χ0v) is 17.2. The van der Waals surface area contributed by atoms with Crippen LogP contribution in [-0.4, -0.2) is 33.3 Å². The zero-order chi connectivity index (χ0) is 18.9. The molecule has 1 atom stereocenters. The standard InChI is InChI=1S/C19H26ClN3O2S/c1-4-6-7-14(5-2)12-25-16(24)10-11-26-18-17-15(22-19(20)23-18)9-8-13(3)21-17/h8-9,14H,4-7,10-12H2,1-3H3. The van der Waals surface area contributed by atoms with Gasteiger partial charge in [-0.25, -0.2) is 15.0 Å². The minimum absolute atomic E-state index is 0.166. The van der Waals surface area contributed by atoms with Gasteiger partial charge in [0, 0.05) is 11.4 Å². The highest BCUT2D eigenvalue weighted by Crippen LogP contribution is 2.26. The Morgan fingerprint density at radius 3 is 2.81 bits per heavy atom. The van der Waals surface area contributed by atoms with Crippen molar-refractivity contribution in [3.8, 4) is 0 Å². The second kappa shape index (κ2) is 10.7. The molecule has 1 unspecified atom stereocenters. The van der Waals surface area contributed by atoms with Crippen molar-refractivity contribution in [2.45, 2.75) is 57.9 Å². The molecule has 2 rings (SSSR count). The molecule has 2 aromatic rings. The molecule has 7 heteroatoms. The van der Waals surface area contributed by atoms with E-state index < -0.39 is 0 Å². The van der Waals surface area contributed by atoms with Crippen molar-refractivity contribution in [3.63, 3.8) is 0 Å². The van der Waals surface area contributed by atoms with E-state index in [4.69, 9.17) is 16.3 Å². The van der Waals surface area contributed by atoms with Crippen LogP contribution in [0.4, 0.5) is 0 Å². The van der Waals surface area contributed by atoms with Crippen molar-refractivity contribution in [1.82, 2.24) is 15.0 Å². The van der Waals surface area contributed by atoms with Crippen LogP contribution in [0.1, 0.15) is 51.6 Å². The van der Waals surface area contributed by atoms with Crippen molar-refractivity contribution in [2.75, 3.05) is 12.4 Å². The summed E-state index contributed by atoms with van der Waals surface area (Å²) in [6.07, 6.45) is 4.84. The minimum Gasteiger partial charge on any atom is -0.465 e. The van der Waals surface area contributed by atoms with Gasteiger partial charge in [0.1, 0.15) is 10.5 Å². The van der Waals surface area contributed by atoms with Gasteiger partial charge in [-0.1, -0.05) is 33.1 Å². The molecule has 0 fully saturated rings. The number of aromatic nitrogens is 3. The number of thioether (sulfide) groups is 1. The van der Waals surface area contributed by atoms with Crippen LogP contribution in [0.2, 0.25) is 5.28 Å². The lowest BCUT2D eigenvalue weighted by atomic mass is 10.0. The third-order valence-corrected chi connectivity index (χ3v) is 5.33. The summed E-state index contributed by atoms with van der Waals surface area (Å²) in [7, 11) is 0. The van der Waals surface area contributed by atoms with Crippen LogP contribution in [0, 0.1) is 12.8 Å². The number of esters is 1. The summed E-state index contributed by atoms with van der Waals surface area (Å²) in [6.45, 7) is 6.75. The lowest BCUT2D eigenvalue weighted by Gasteiger charge is -2.14. The maximum atomic E-state index is 12.0. The van der Waals surface area contributed by atoms with E-state index in [2.05, 4.69) is 28.8 Å². The van der Waals surface area contributed by atoms with E-state index in [-0.39, 0.29) is 11.3 Å². The number of rotatable bonds is 10. The van der Waals surface area contributed by atoms with Gasteiger partial charge in [-0.15, -0.1) is 11.8 Å². The van der Waals surface area contributed by atoms with E-state index in [0.717, 1.165) is 24.1 Å². The molecule has 0 aromatic carbocycles. The van der Waals surface area contributed by atoms with E-state index in [9.17, 15) is 4.79 Å². The Morgan fingerprint density at radius 1 is 1.27 bits per heavy atom. The van der Waals surface area contributed by atoms with Crippen LogP contribution < -0.4 is 0 Å². The third kappa shape index (κ3) is 6.40. The third-order valence-electron chi connectivity index (χ3n) is 4.19. The Kier molecular flexibility index (Phi) is 8.59. The van der Waals surface area contributed by atoms with Gasteiger partial charge in [0.15, 0.2) is 0 Å². The summed E-state index contributed by atoms with van der Waals surface area (Å²) >= 11 is 7.45. The molecule has 0 saturated heterocycles. The Hall–Kier alpha value is -1.40. The number of unbranched alkanes of at least 4 members (excludes halogenated alkanes) is 1. The second-order valence-corrected chi connectivity index (χ2v) is 7.74.